The van der Waals surface area contributed by atoms with Crippen LogP contribution in [-0.4, -0.2) is 29.6 Å². The van der Waals surface area contributed by atoms with Gasteiger partial charge in [-0.15, -0.1) is 11.3 Å². The first-order chi connectivity index (χ1) is 13.8. The highest BCUT2D eigenvalue weighted by molar-refractivity contribution is 7.17. The van der Waals surface area contributed by atoms with Gasteiger partial charge in [-0.3, -0.25) is 9.59 Å². The number of hydrogen-bond donors (Lipinski definition) is 2. The van der Waals surface area contributed by atoms with E-state index in [4.69, 9.17) is 4.74 Å². The van der Waals surface area contributed by atoms with Gasteiger partial charge in [0.1, 0.15) is 5.00 Å². The van der Waals surface area contributed by atoms with Gasteiger partial charge < -0.3 is 15.2 Å². The second-order valence-corrected chi connectivity index (χ2v) is 9.51. The van der Waals surface area contributed by atoms with Crippen LogP contribution in [0.1, 0.15) is 60.8 Å². The summed E-state index contributed by atoms with van der Waals surface area (Å²) in [6, 6.07) is 0. The van der Waals surface area contributed by atoms with Crippen LogP contribution in [0.2, 0.25) is 0 Å². The molecule has 1 aromatic rings. The van der Waals surface area contributed by atoms with Crippen LogP contribution in [0.4, 0.5) is 5.00 Å². The molecule has 156 valence electrons. The molecule has 3 aliphatic carbocycles. The van der Waals surface area contributed by atoms with E-state index < -0.39 is 23.8 Å². The van der Waals surface area contributed by atoms with Gasteiger partial charge in [-0.2, -0.15) is 0 Å². The number of aryl methyl sites for hydroxylation is 1. The summed E-state index contributed by atoms with van der Waals surface area (Å²) in [6.45, 7) is 6.04. The minimum Gasteiger partial charge on any atom is -0.481 e. The monoisotopic (exact) mass is 417 g/mol. The van der Waals surface area contributed by atoms with Gasteiger partial charge in [-0.1, -0.05) is 11.1 Å². The zero-order chi connectivity index (χ0) is 20.9. The number of anilines is 1. The third-order valence-corrected chi connectivity index (χ3v) is 7.85. The Morgan fingerprint density at radius 2 is 1.83 bits per heavy atom. The largest absolute Gasteiger partial charge is 0.481 e. The zero-order valence-electron chi connectivity index (χ0n) is 17.0. The van der Waals surface area contributed by atoms with Crippen molar-refractivity contribution in [2.24, 2.45) is 23.7 Å². The lowest BCUT2D eigenvalue weighted by Gasteiger charge is -2.26. The lowest BCUT2D eigenvalue weighted by Crippen LogP contribution is -2.38. The molecule has 1 heterocycles. The molecule has 7 heteroatoms. The number of ether oxygens (including phenoxy) is 1. The average molecular weight is 418 g/mol. The molecule has 29 heavy (non-hydrogen) atoms. The lowest BCUT2D eigenvalue weighted by atomic mass is 9.79. The number of carboxylic acid groups (broad SMARTS) is 1. The number of thiophene rings is 1. The third-order valence-electron chi connectivity index (χ3n) is 6.64. The van der Waals surface area contributed by atoms with Gasteiger partial charge in [0.05, 0.1) is 24.0 Å². The number of carboxylic acids is 1. The van der Waals surface area contributed by atoms with Crippen molar-refractivity contribution in [2.45, 2.75) is 52.9 Å². The van der Waals surface area contributed by atoms with Gasteiger partial charge in [0.2, 0.25) is 5.91 Å². The predicted molar refractivity (Wildman–Crippen MR) is 110 cm³/mol. The number of hydrogen-bond acceptors (Lipinski definition) is 5. The molecule has 2 bridgehead atoms. The predicted octanol–water partition coefficient (Wildman–Crippen LogP) is 4.05. The van der Waals surface area contributed by atoms with E-state index in [2.05, 4.69) is 5.32 Å². The van der Waals surface area contributed by atoms with Crippen LogP contribution in [0.5, 0.6) is 0 Å². The van der Waals surface area contributed by atoms with Gasteiger partial charge in [0.15, 0.2) is 0 Å². The van der Waals surface area contributed by atoms with E-state index in [-0.39, 0.29) is 24.3 Å². The minimum absolute atomic E-state index is 0.0241. The standard InChI is InChI=1S/C22H27NO5S/c1-4-28-22(27)18-11-6-5-7-14(11)29-20(18)23-19(24)16-12-8-9-13(15(12)10(2)3)17(16)21(25)26/h12-13,16-17H,4-9H2,1-3H3,(H,23,24)(H,25,26)/t12-,13+,16-,17+/m1/s1. The maximum absolute atomic E-state index is 13.3. The Bertz CT molecular complexity index is 911. The number of amides is 1. The first-order valence-corrected chi connectivity index (χ1v) is 11.2. The summed E-state index contributed by atoms with van der Waals surface area (Å²) in [7, 11) is 0. The first-order valence-electron chi connectivity index (χ1n) is 10.4. The number of allylic oxidation sites excluding steroid dienone is 2. The van der Waals surface area contributed by atoms with Crippen LogP contribution >= 0.6 is 11.3 Å². The molecule has 0 saturated heterocycles. The maximum Gasteiger partial charge on any atom is 0.341 e. The van der Waals surface area contributed by atoms with E-state index in [9.17, 15) is 19.5 Å². The van der Waals surface area contributed by atoms with Crippen molar-refractivity contribution in [3.05, 3.63) is 27.2 Å². The number of fused-ring (bicyclic) bond motifs is 3. The molecule has 6 nitrogen and oxygen atoms in total. The van der Waals surface area contributed by atoms with Crippen molar-refractivity contribution in [2.75, 3.05) is 11.9 Å². The van der Waals surface area contributed by atoms with Gasteiger partial charge in [-0.25, -0.2) is 4.79 Å². The van der Waals surface area contributed by atoms with Gasteiger partial charge in [0.25, 0.3) is 0 Å². The summed E-state index contributed by atoms with van der Waals surface area (Å²) in [5, 5.41) is 13.3. The Hall–Kier alpha value is -2.15. The van der Waals surface area contributed by atoms with Gasteiger partial charge in [-0.05, 0) is 70.3 Å². The van der Waals surface area contributed by atoms with Crippen LogP contribution in [-0.2, 0) is 27.2 Å². The fourth-order valence-corrected chi connectivity index (χ4v) is 6.99. The topological polar surface area (TPSA) is 92.7 Å². The van der Waals surface area contributed by atoms with Crippen LogP contribution < -0.4 is 5.32 Å². The molecule has 0 spiro atoms. The van der Waals surface area contributed by atoms with Crippen molar-refractivity contribution in [3.63, 3.8) is 0 Å². The molecule has 2 fully saturated rings. The number of nitrogens with one attached hydrogen (secondary N) is 1. The van der Waals surface area contributed by atoms with E-state index in [1.807, 2.05) is 13.8 Å². The Labute approximate surface area is 174 Å². The molecule has 4 rings (SSSR count). The Kier molecular flexibility index (Phi) is 5.27. The zero-order valence-corrected chi connectivity index (χ0v) is 17.9. The summed E-state index contributed by atoms with van der Waals surface area (Å²) in [6.07, 6.45) is 4.38. The fraction of sp³-hybridized carbons (Fsp3) is 0.591. The highest BCUT2D eigenvalue weighted by Crippen LogP contribution is 2.57. The second-order valence-electron chi connectivity index (χ2n) is 8.41. The van der Waals surface area contributed by atoms with Crippen LogP contribution in [0.3, 0.4) is 0 Å². The molecule has 2 saturated carbocycles. The lowest BCUT2D eigenvalue weighted by molar-refractivity contribution is -0.148. The van der Waals surface area contributed by atoms with E-state index in [0.29, 0.717) is 10.6 Å². The van der Waals surface area contributed by atoms with Crippen LogP contribution in [0, 0.1) is 23.7 Å². The summed E-state index contributed by atoms with van der Waals surface area (Å²) >= 11 is 1.43. The maximum atomic E-state index is 13.3. The molecule has 1 amide bonds. The molecular weight excluding hydrogens is 390 g/mol. The van der Waals surface area contributed by atoms with Crippen LogP contribution in [0.25, 0.3) is 0 Å². The molecule has 2 N–H and O–H groups in total. The smallest absolute Gasteiger partial charge is 0.341 e. The number of carbonyl (C=O) groups excluding carboxylic acids is 2. The second kappa shape index (κ2) is 7.59. The van der Waals surface area contributed by atoms with E-state index in [1.165, 1.54) is 11.3 Å². The molecule has 4 atom stereocenters. The molecular formula is C22H27NO5S. The Balaban J connectivity index is 1.66. The van der Waals surface area contributed by atoms with Gasteiger partial charge in [0, 0.05) is 4.88 Å². The van der Waals surface area contributed by atoms with Crippen molar-refractivity contribution in [1.29, 1.82) is 0 Å². The van der Waals surface area contributed by atoms with Crippen LogP contribution in [0.15, 0.2) is 11.1 Å². The Morgan fingerprint density at radius 1 is 1.14 bits per heavy atom. The summed E-state index contributed by atoms with van der Waals surface area (Å²) in [4.78, 5) is 39.0. The van der Waals surface area contributed by atoms with Gasteiger partial charge >= 0.3 is 11.9 Å². The Morgan fingerprint density at radius 3 is 2.45 bits per heavy atom. The van der Waals surface area contributed by atoms with Crippen molar-refractivity contribution in [1.82, 2.24) is 0 Å². The van der Waals surface area contributed by atoms with E-state index in [0.717, 1.165) is 53.7 Å². The number of rotatable bonds is 5. The molecule has 1 aromatic heterocycles. The fourth-order valence-electron chi connectivity index (χ4n) is 5.71. The quantitative estimate of drug-likeness (QED) is 0.557. The van der Waals surface area contributed by atoms with E-state index >= 15 is 0 Å². The number of aliphatic carboxylic acids is 1. The summed E-state index contributed by atoms with van der Waals surface area (Å²) < 4.78 is 5.23. The SMILES string of the molecule is CCOC(=O)c1c(NC(=O)[C@H]2[C@@H](C(=O)O)[C@H]3CC[C@@H]2C3=C(C)C)sc2c1CCC2. The van der Waals surface area contributed by atoms with E-state index in [1.54, 1.807) is 6.92 Å². The molecule has 0 radical (unpaired) electrons. The van der Waals surface area contributed by atoms with Crippen molar-refractivity contribution < 1.29 is 24.2 Å². The molecule has 0 unspecified atom stereocenters. The average Bonchev–Trinajstić information content (AvgIpc) is 3.39. The molecule has 3 aliphatic rings. The number of carbonyl (C=O) groups is 3. The van der Waals surface area contributed by atoms with Crippen molar-refractivity contribution >= 4 is 34.2 Å². The highest BCUT2D eigenvalue weighted by Gasteiger charge is 2.57. The highest BCUT2D eigenvalue weighted by atomic mass is 32.1. The summed E-state index contributed by atoms with van der Waals surface area (Å²) in [5.74, 6) is -2.97. The van der Waals surface area contributed by atoms with Crippen molar-refractivity contribution in [3.8, 4) is 0 Å². The first kappa shape index (κ1) is 20.1. The molecule has 0 aromatic carbocycles. The third kappa shape index (κ3) is 3.19. The summed E-state index contributed by atoms with van der Waals surface area (Å²) in [5.41, 5.74) is 3.73. The molecule has 0 aliphatic heterocycles. The minimum atomic E-state index is -0.907. The normalized spacial score (nSPS) is 27.1. The number of esters is 1.